The quantitative estimate of drug-likeness (QED) is 0.617. The number of anilines is 1. The Morgan fingerprint density at radius 2 is 1.68 bits per heavy atom. The van der Waals surface area contributed by atoms with Crippen LogP contribution in [0.1, 0.15) is 12.0 Å². The fourth-order valence-electron chi connectivity index (χ4n) is 3.66. The number of alkyl halides is 2. The van der Waals surface area contributed by atoms with Crippen LogP contribution in [0.4, 0.5) is 19.3 Å². The number of nitrogens with zero attached hydrogens (tertiary/aromatic N) is 3. The summed E-state index contributed by atoms with van der Waals surface area (Å²) in [5.41, 5.74) is 0.373. The predicted octanol–water partition coefficient (Wildman–Crippen LogP) is 4.27. The third kappa shape index (κ3) is 3.92. The minimum Gasteiger partial charge on any atom is -0.465 e. The Labute approximate surface area is 182 Å². The maximum Gasteiger partial charge on any atom is 0.407 e. The highest BCUT2D eigenvalue weighted by atomic mass is 35.5. The molecule has 0 saturated carbocycles. The zero-order valence-corrected chi connectivity index (χ0v) is 17.7. The third-order valence-electron chi connectivity index (χ3n) is 5.31. The molecular weight excluding hydrogens is 452 g/mol. The molecule has 7 nitrogen and oxygen atoms in total. The van der Waals surface area contributed by atoms with E-state index in [4.69, 9.17) is 16.7 Å². The first-order chi connectivity index (χ1) is 14.7. The van der Waals surface area contributed by atoms with Crippen LogP contribution < -0.4 is 4.90 Å². The second-order valence-corrected chi connectivity index (χ2v) is 9.35. The van der Waals surface area contributed by atoms with Crippen LogP contribution in [-0.2, 0) is 10.0 Å². The first-order valence-electron chi connectivity index (χ1n) is 9.35. The van der Waals surface area contributed by atoms with Gasteiger partial charge in [0.05, 0.1) is 10.4 Å². The predicted molar refractivity (Wildman–Crippen MR) is 113 cm³/mol. The maximum absolute atomic E-state index is 13.8. The molecule has 1 fully saturated rings. The Bertz CT molecular complexity index is 1240. The van der Waals surface area contributed by atoms with Crippen molar-refractivity contribution in [3.8, 4) is 0 Å². The Morgan fingerprint density at radius 1 is 1.03 bits per heavy atom. The molecule has 0 aliphatic carbocycles. The lowest BCUT2D eigenvalue weighted by molar-refractivity contribution is 0.142. The van der Waals surface area contributed by atoms with E-state index >= 15 is 0 Å². The molecule has 4 rings (SSSR count). The number of halogens is 3. The molecule has 2 heterocycles. The summed E-state index contributed by atoms with van der Waals surface area (Å²) in [6.07, 6.45) is -2.92. The van der Waals surface area contributed by atoms with Crippen LogP contribution in [0.2, 0.25) is 5.02 Å². The molecule has 1 aliphatic heterocycles. The highest BCUT2D eigenvalue weighted by Gasteiger charge is 2.26. The van der Waals surface area contributed by atoms with Crippen molar-refractivity contribution in [2.45, 2.75) is 11.3 Å². The van der Waals surface area contributed by atoms with Gasteiger partial charge in [-0.2, -0.15) is 0 Å². The van der Waals surface area contributed by atoms with Crippen molar-refractivity contribution in [2.24, 2.45) is 0 Å². The van der Waals surface area contributed by atoms with Gasteiger partial charge in [0.25, 0.3) is 16.4 Å². The van der Waals surface area contributed by atoms with E-state index in [2.05, 4.69) is 0 Å². The molecule has 31 heavy (non-hydrogen) atoms. The molecule has 1 aliphatic rings. The smallest absolute Gasteiger partial charge is 0.407 e. The van der Waals surface area contributed by atoms with Crippen molar-refractivity contribution < 1.29 is 27.1 Å². The van der Waals surface area contributed by atoms with E-state index in [0.717, 1.165) is 10.2 Å². The summed E-state index contributed by atoms with van der Waals surface area (Å²) in [5, 5.41) is 9.57. The van der Waals surface area contributed by atoms with E-state index in [1.807, 2.05) is 4.90 Å². The van der Waals surface area contributed by atoms with E-state index in [-0.39, 0.29) is 15.8 Å². The van der Waals surface area contributed by atoms with Gasteiger partial charge >= 0.3 is 6.09 Å². The van der Waals surface area contributed by atoms with Crippen LogP contribution in [0.15, 0.2) is 53.6 Å². The molecule has 1 amide bonds. The highest BCUT2D eigenvalue weighted by molar-refractivity contribution is 7.90. The van der Waals surface area contributed by atoms with Crippen molar-refractivity contribution in [3.05, 3.63) is 59.2 Å². The van der Waals surface area contributed by atoms with Crippen LogP contribution in [0, 0.1) is 0 Å². The molecule has 11 heteroatoms. The number of carboxylic acid groups (broad SMARTS) is 1. The normalized spacial score (nSPS) is 15.1. The number of carbonyl (C=O) groups is 1. The van der Waals surface area contributed by atoms with Crippen LogP contribution in [0.25, 0.3) is 10.9 Å². The second kappa shape index (κ2) is 8.01. The first kappa shape index (κ1) is 21.4. The molecule has 3 aromatic rings. The minimum atomic E-state index is -4.11. The molecule has 0 atom stereocenters. The standard InChI is InChI=1S/C20H18ClF2N3O4S/c21-13-1-4-15(5-2-13)31(29,30)26-12-17(19(22)23)16-11-14(3-6-18(16)26)24-7-9-25(10-8-24)20(27)28/h1-6,11-12,19H,7-10H2,(H,27,28). The van der Waals surface area contributed by atoms with Gasteiger partial charge in [0.1, 0.15) is 0 Å². The SMILES string of the molecule is O=C(O)N1CCN(c2ccc3c(c2)c(C(F)F)cn3S(=O)(=O)c2ccc(Cl)cc2)CC1. The molecule has 0 spiro atoms. The number of hydrogen-bond acceptors (Lipinski definition) is 4. The maximum atomic E-state index is 13.8. The van der Waals surface area contributed by atoms with Gasteiger partial charge in [-0.25, -0.2) is 26.0 Å². The molecule has 1 N–H and O–H groups in total. The van der Waals surface area contributed by atoms with E-state index in [9.17, 15) is 22.0 Å². The fraction of sp³-hybridized carbons (Fsp3) is 0.250. The Hall–Kier alpha value is -2.85. The number of rotatable bonds is 4. The Balaban J connectivity index is 1.76. The molecule has 0 radical (unpaired) electrons. The summed E-state index contributed by atoms with van der Waals surface area (Å²) in [6.45, 7) is 1.40. The number of fused-ring (bicyclic) bond motifs is 1. The van der Waals surface area contributed by atoms with Crippen molar-refractivity contribution in [1.82, 2.24) is 8.87 Å². The summed E-state index contributed by atoms with van der Waals surface area (Å²) in [7, 11) is -4.11. The summed E-state index contributed by atoms with van der Waals surface area (Å²) >= 11 is 5.83. The topological polar surface area (TPSA) is 82.8 Å². The van der Waals surface area contributed by atoms with Crippen molar-refractivity contribution in [3.63, 3.8) is 0 Å². The average Bonchev–Trinajstić information content (AvgIpc) is 3.14. The molecule has 1 aromatic heterocycles. The molecular formula is C20H18ClF2N3O4S. The lowest BCUT2D eigenvalue weighted by Gasteiger charge is -2.34. The van der Waals surface area contributed by atoms with E-state index in [1.165, 1.54) is 41.3 Å². The lowest BCUT2D eigenvalue weighted by atomic mass is 10.1. The van der Waals surface area contributed by atoms with E-state index in [1.54, 1.807) is 6.07 Å². The Kier molecular flexibility index (Phi) is 5.52. The van der Waals surface area contributed by atoms with Crippen molar-refractivity contribution in [2.75, 3.05) is 31.1 Å². The van der Waals surface area contributed by atoms with Gasteiger partial charge in [0, 0.05) is 54.0 Å². The first-order valence-corrected chi connectivity index (χ1v) is 11.2. The number of aromatic nitrogens is 1. The second-order valence-electron chi connectivity index (χ2n) is 7.10. The van der Waals surface area contributed by atoms with Crippen LogP contribution in [0.3, 0.4) is 0 Å². The van der Waals surface area contributed by atoms with Gasteiger partial charge in [-0.05, 0) is 42.5 Å². The third-order valence-corrected chi connectivity index (χ3v) is 7.25. The molecule has 1 saturated heterocycles. The van der Waals surface area contributed by atoms with Crippen LogP contribution in [0.5, 0.6) is 0 Å². The monoisotopic (exact) mass is 469 g/mol. The van der Waals surface area contributed by atoms with Crippen LogP contribution in [-0.4, -0.2) is 54.7 Å². The summed E-state index contributed by atoms with van der Waals surface area (Å²) in [5.74, 6) is 0. The van der Waals surface area contributed by atoms with Gasteiger partial charge in [-0.1, -0.05) is 11.6 Å². The summed E-state index contributed by atoms with van der Waals surface area (Å²) in [6, 6.07) is 10.2. The lowest BCUT2D eigenvalue weighted by Crippen LogP contribution is -2.48. The van der Waals surface area contributed by atoms with Crippen molar-refractivity contribution in [1.29, 1.82) is 0 Å². The molecule has 0 bridgehead atoms. The van der Waals surface area contributed by atoms with E-state index < -0.39 is 28.1 Å². The largest absolute Gasteiger partial charge is 0.465 e. The molecule has 2 aromatic carbocycles. The molecule has 0 unspecified atom stereocenters. The van der Waals surface area contributed by atoms with Gasteiger partial charge in [-0.15, -0.1) is 0 Å². The van der Waals surface area contributed by atoms with Gasteiger partial charge in [-0.3, -0.25) is 0 Å². The van der Waals surface area contributed by atoms with Gasteiger partial charge < -0.3 is 14.9 Å². The number of piperazine rings is 1. The zero-order valence-electron chi connectivity index (χ0n) is 16.1. The summed E-state index contributed by atoms with van der Waals surface area (Å²) < 4.78 is 54.5. The number of hydrogen-bond donors (Lipinski definition) is 1. The number of amides is 1. The summed E-state index contributed by atoms with van der Waals surface area (Å²) in [4.78, 5) is 14.2. The Morgan fingerprint density at radius 3 is 2.26 bits per heavy atom. The van der Waals surface area contributed by atoms with Gasteiger partial charge in [0.15, 0.2) is 0 Å². The van der Waals surface area contributed by atoms with Crippen LogP contribution >= 0.6 is 11.6 Å². The average molecular weight is 470 g/mol. The molecule has 164 valence electrons. The highest BCUT2D eigenvalue weighted by Crippen LogP contribution is 2.35. The fourth-order valence-corrected chi connectivity index (χ4v) is 5.16. The van der Waals surface area contributed by atoms with Crippen molar-refractivity contribution >= 4 is 44.3 Å². The van der Waals surface area contributed by atoms with Gasteiger partial charge in [0.2, 0.25) is 0 Å². The van der Waals surface area contributed by atoms with E-state index in [0.29, 0.717) is 36.9 Å². The number of benzene rings is 2. The minimum absolute atomic E-state index is 0.0662. The zero-order chi connectivity index (χ0) is 22.3.